The molecule has 2 rings (SSSR count). The van der Waals surface area contributed by atoms with Gasteiger partial charge in [-0.05, 0) is 24.6 Å². The van der Waals surface area contributed by atoms with Gasteiger partial charge in [0.1, 0.15) is 12.2 Å². The Kier molecular flexibility index (Phi) is 2.28. The van der Waals surface area contributed by atoms with Gasteiger partial charge in [-0.1, -0.05) is 23.7 Å². The van der Waals surface area contributed by atoms with E-state index < -0.39 is 6.10 Å². The molecule has 0 spiro atoms. The Hall–Kier alpha value is -0.570. The second-order valence-electron chi connectivity index (χ2n) is 3.32. The second-order valence-corrected chi connectivity index (χ2v) is 3.75. The molecule has 1 fully saturated rings. The van der Waals surface area contributed by atoms with Crippen molar-refractivity contribution in [1.82, 2.24) is 0 Å². The fraction of sp³-hybridized carbons (Fsp3) is 0.400. The Bertz CT molecular complexity index is 312. The molecule has 1 N–H and O–H groups in total. The van der Waals surface area contributed by atoms with Crippen LogP contribution in [0.15, 0.2) is 24.3 Å². The lowest BCUT2D eigenvalue weighted by Crippen LogP contribution is -2.09. The Balaban J connectivity index is 2.12. The number of ether oxygens (including phenoxy) is 1. The van der Waals surface area contributed by atoms with Crippen molar-refractivity contribution in [3.8, 4) is 0 Å². The molecule has 1 aliphatic heterocycles. The van der Waals surface area contributed by atoms with E-state index >= 15 is 0 Å². The van der Waals surface area contributed by atoms with E-state index in [2.05, 4.69) is 0 Å². The van der Waals surface area contributed by atoms with Crippen LogP contribution in [-0.2, 0) is 4.74 Å². The van der Waals surface area contributed by atoms with E-state index in [1.807, 2.05) is 24.3 Å². The van der Waals surface area contributed by atoms with Gasteiger partial charge in [0.05, 0.1) is 6.10 Å². The first-order valence-corrected chi connectivity index (χ1v) is 4.65. The van der Waals surface area contributed by atoms with E-state index in [0.717, 1.165) is 5.56 Å². The molecule has 1 heterocycles. The van der Waals surface area contributed by atoms with Gasteiger partial charge >= 0.3 is 0 Å². The third-order valence-electron chi connectivity index (χ3n) is 2.18. The number of benzene rings is 1. The molecule has 2 nitrogen and oxygen atoms in total. The van der Waals surface area contributed by atoms with E-state index in [9.17, 15) is 5.11 Å². The second kappa shape index (κ2) is 3.29. The first-order chi connectivity index (χ1) is 6.18. The summed E-state index contributed by atoms with van der Waals surface area (Å²) in [4.78, 5) is 0. The van der Waals surface area contributed by atoms with Crippen LogP contribution in [0.25, 0.3) is 0 Å². The molecule has 1 saturated heterocycles. The lowest BCUT2D eigenvalue weighted by atomic mass is 10.1. The topological polar surface area (TPSA) is 32.8 Å². The van der Waals surface area contributed by atoms with E-state index in [1.54, 1.807) is 6.92 Å². The average Bonchev–Trinajstić information content (AvgIpc) is 2.82. The number of epoxide rings is 1. The van der Waals surface area contributed by atoms with E-state index in [4.69, 9.17) is 16.3 Å². The van der Waals surface area contributed by atoms with Gasteiger partial charge in [0.15, 0.2) is 0 Å². The SMILES string of the molecule is C[C@@H](O)[C@@H]1O[C@H]1c1cccc(Cl)c1. The zero-order chi connectivity index (χ0) is 9.42. The highest BCUT2D eigenvalue weighted by atomic mass is 35.5. The maximum absolute atomic E-state index is 9.24. The fourth-order valence-corrected chi connectivity index (χ4v) is 1.64. The van der Waals surface area contributed by atoms with Gasteiger partial charge in [-0.25, -0.2) is 0 Å². The van der Waals surface area contributed by atoms with Crippen LogP contribution in [0.2, 0.25) is 5.02 Å². The number of halogens is 1. The predicted octanol–water partition coefficient (Wildman–Crippen LogP) is 2.16. The monoisotopic (exact) mass is 198 g/mol. The molecule has 1 aliphatic rings. The van der Waals surface area contributed by atoms with Gasteiger partial charge < -0.3 is 9.84 Å². The minimum Gasteiger partial charge on any atom is -0.391 e. The molecule has 0 unspecified atom stereocenters. The zero-order valence-electron chi connectivity index (χ0n) is 7.27. The highest BCUT2D eigenvalue weighted by Gasteiger charge is 2.43. The fourth-order valence-electron chi connectivity index (χ4n) is 1.44. The summed E-state index contributed by atoms with van der Waals surface area (Å²) in [5, 5.41) is 9.94. The lowest BCUT2D eigenvalue weighted by molar-refractivity contribution is 0.152. The van der Waals surface area contributed by atoms with Crippen molar-refractivity contribution < 1.29 is 9.84 Å². The van der Waals surface area contributed by atoms with Crippen LogP contribution >= 0.6 is 11.6 Å². The van der Waals surface area contributed by atoms with Gasteiger partial charge in [-0.15, -0.1) is 0 Å². The highest BCUT2D eigenvalue weighted by Crippen LogP contribution is 2.41. The Morgan fingerprint density at radius 1 is 1.54 bits per heavy atom. The van der Waals surface area contributed by atoms with Gasteiger partial charge in [-0.2, -0.15) is 0 Å². The van der Waals surface area contributed by atoms with Crippen molar-refractivity contribution in [1.29, 1.82) is 0 Å². The van der Waals surface area contributed by atoms with Gasteiger partial charge in [0.25, 0.3) is 0 Å². The number of hydrogen-bond donors (Lipinski definition) is 1. The molecular formula is C10H11ClO2. The van der Waals surface area contributed by atoms with Crippen molar-refractivity contribution in [2.24, 2.45) is 0 Å². The molecule has 3 atom stereocenters. The van der Waals surface area contributed by atoms with E-state index in [0.29, 0.717) is 5.02 Å². The largest absolute Gasteiger partial charge is 0.391 e. The normalized spacial score (nSPS) is 28.5. The van der Waals surface area contributed by atoms with Crippen LogP contribution in [-0.4, -0.2) is 17.3 Å². The molecule has 70 valence electrons. The first kappa shape index (κ1) is 9.00. The van der Waals surface area contributed by atoms with Crippen LogP contribution < -0.4 is 0 Å². The molecule has 0 radical (unpaired) electrons. The third-order valence-corrected chi connectivity index (χ3v) is 2.41. The summed E-state index contributed by atoms with van der Waals surface area (Å²) in [7, 11) is 0. The lowest BCUT2D eigenvalue weighted by Gasteiger charge is -1.98. The third kappa shape index (κ3) is 1.85. The number of aliphatic hydroxyl groups is 1. The number of hydrogen-bond acceptors (Lipinski definition) is 2. The molecular weight excluding hydrogens is 188 g/mol. The van der Waals surface area contributed by atoms with E-state index in [-0.39, 0.29) is 12.2 Å². The maximum atomic E-state index is 9.24. The van der Waals surface area contributed by atoms with E-state index in [1.165, 1.54) is 0 Å². The molecule has 1 aromatic carbocycles. The molecule has 0 aromatic heterocycles. The summed E-state index contributed by atoms with van der Waals surface area (Å²) in [6.07, 6.45) is -0.443. The minimum absolute atomic E-state index is 0.0266. The summed E-state index contributed by atoms with van der Waals surface area (Å²) >= 11 is 5.83. The number of rotatable bonds is 2. The van der Waals surface area contributed by atoms with Gasteiger partial charge in [0, 0.05) is 5.02 Å². The molecule has 3 heteroatoms. The first-order valence-electron chi connectivity index (χ1n) is 4.27. The summed E-state index contributed by atoms with van der Waals surface area (Å²) in [5.74, 6) is 0. The number of aliphatic hydroxyl groups excluding tert-OH is 1. The van der Waals surface area contributed by atoms with Crippen molar-refractivity contribution >= 4 is 11.6 Å². The molecule has 1 aromatic rings. The van der Waals surface area contributed by atoms with Crippen LogP contribution in [0.1, 0.15) is 18.6 Å². The van der Waals surface area contributed by atoms with Crippen molar-refractivity contribution in [2.75, 3.05) is 0 Å². The summed E-state index contributed by atoms with van der Waals surface area (Å²) in [5.41, 5.74) is 1.04. The quantitative estimate of drug-likeness (QED) is 0.739. The Morgan fingerprint density at radius 2 is 2.31 bits per heavy atom. The minimum atomic E-state index is -0.413. The zero-order valence-corrected chi connectivity index (χ0v) is 8.03. The van der Waals surface area contributed by atoms with Crippen LogP contribution in [0, 0.1) is 0 Å². The van der Waals surface area contributed by atoms with Crippen molar-refractivity contribution in [3.05, 3.63) is 34.9 Å². The van der Waals surface area contributed by atoms with Crippen molar-refractivity contribution in [2.45, 2.75) is 25.2 Å². The Labute approximate surface area is 82.1 Å². The van der Waals surface area contributed by atoms with Gasteiger partial charge in [0.2, 0.25) is 0 Å². The molecule has 0 aliphatic carbocycles. The molecule has 0 saturated carbocycles. The van der Waals surface area contributed by atoms with Gasteiger partial charge in [-0.3, -0.25) is 0 Å². The molecule has 0 bridgehead atoms. The highest BCUT2D eigenvalue weighted by molar-refractivity contribution is 6.30. The summed E-state index contributed by atoms with van der Waals surface area (Å²) < 4.78 is 5.31. The predicted molar refractivity (Wildman–Crippen MR) is 50.7 cm³/mol. The summed E-state index contributed by atoms with van der Waals surface area (Å²) in [6.45, 7) is 1.73. The molecule has 13 heavy (non-hydrogen) atoms. The summed E-state index contributed by atoms with van der Waals surface area (Å²) in [6, 6.07) is 7.54. The smallest absolute Gasteiger partial charge is 0.114 e. The van der Waals surface area contributed by atoms with Crippen molar-refractivity contribution in [3.63, 3.8) is 0 Å². The average molecular weight is 199 g/mol. The van der Waals surface area contributed by atoms with Crippen LogP contribution in [0.4, 0.5) is 0 Å². The van der Waals surface area contributed by atoms with Crippen LogP contribution in [0.5, 0.6) is 0 Å². The van der Waals surface area contributed by atoms with Crippen LogP contribution in [0.3, 0.4) is 0 Å². The maximum Gasteiger partial charge on any atom is 0.114 e. The molecule has 0 amide bonds. The Morgan fingerprint density at radius 3 is 2.85 bits per heavy atom. The standard InChI is InChI=1S/C10H11ClO2/c1-6(12)9-10(13-9)7-3-2-4-8(11)5-7/h2-6,9-10,12H,1H3/t6-,9+,10+/m1/s1.